The molecule has 4 rings (SSSR count). The predicted molar refractivity (Wildman–Crippen MR) is 117 cm³/mol. The van der Waals surface area contributed by atoms with E-state index in [4.69, 9.17) is 5.26 Å². The molecule has 2 amide bonds. The molecule has 0 saturated carbocycles. The molecule has 3 aromatic rings. The molecule has 3 heterocycles. The molecule has 7 nitrogen and oxygen atoms in total. The van der Waals surface area contributed by atoms with E-state index in [1.165, 1.54) is 11.3 Å². The van der Waals surface area contributed by atoms with E-state index in [1.54, 1.807) is 32.1 Å². The van der Waals surface area contributed by atoms with E-state index in [0.717, 1.165) is 26.5 Å². The molecule has 31 heavy (non-hydrogen) atoms. The number of carbonyl (C=O) groups excluding carboxylic acids is 2. The highest BCUT2D eigenvalue weighted by atomic mass is 32.1. The summed E-state index contributed by atoms with van der Waals surface area (Å²) in [4.78, 5) is 30.9. The molecule has 1 aliphatic heterocycles. The Hall–Kier alpha value is -4.01. The first-order valence-electron chi connectivity index (χ1n) is 9.55. The molecule has 0 N–H and O–H groups in total. The van der Waals surface area contributed by atoms with Gasteiger partial charge < -0.3 is 4.57 Å². The summed E-state index contributed by atoms with van der Waals surface area (Å²) < 4.78 is 2.91. The monoisotopic (exact) mass is 427 g/mol. The maximum Gasteiger partial charge on any atom is 0.271 e. The van der Waals surface area contributed by atoms with Gasteiger partial charge in [0.2, 0.25) is 0 Å². The van der Waals surface area contributed by atoms with Crippen molar-refractivity contribution in [3.8, 4) is 23.4 Å². The second-order valence-electron chi connectivity index (χ2n) is 7.04. The fraction of sp³-hybridized carbons (Fsp3) is 0.174. The average molecular weight is 427 g/mol. The lowest BCUT2D eigenvalue weighted by molar-refractivity contribution is -0.140. The van der Waals surface area contributed by atoms with Crippen molar-refractivity contribution in [3.63, 3.8) is 0 Å². The minimum absolute atomic E-state index is 0.0167. The van der Waals surface area contributed by atoms with Gasteiger partial charge in [0.25, 0.3) is 11.8 Å². The van der Waals surface area contributed by atoms with E-state index in [2.05, 4.69) is 11.1 Å². The molecular weight excluding hydrogens is 410 g/mol. The van der Waals surface area contributed by atoms with Gasteiger partial charge in [0.1, 0.15) is 16.6 Å². The van der Waals surface area contributed by atoms with Crippen LogP contribution in [0.25, 0.3) is 27.7 Å². The van der Waals surface area contributed by atoms with Crippen molar-refractivity contribution >= 4 is 39.6 Å². The van der Waals surface area contributed by atoms with Gasteiger partial charge in [0.15, 0.2) is 5.65 Å². The van der Waals surface area contributed by atoms with Crippen molar-refractivity contribution < 1.29 is 9.59 Å². The third-order valence-corrected chi connectivity index (χ3v) is 6.26. The van der Waals surface area contributed by atoms with Crippen molar-refractivity contribution in [2.45, 2.75) is 13.8 Å². The summed E-state index contributed by atoms with van der Waals surface area (Å²) >= 11 is 1.43. The Bertz CT molecular complexity index is 1390. The van der Waals surface area contributed by atoms with Crippen molar-refractivity contribution in [1.82, 2.24) is 14.5 Å². The van der Waals surface area contributed by atoms with E-state index >= 15 is 0 Å². The van der Waals surface area contributed by atoms with Crippen molar-refractivity contribution in [3.05, 3.63) is 57.6 Å². The summed E-state index contributed by atoms with van der Waals surface area (Å²) in [5.74, 6) is -0.970. The van der Waals surface area contributed by atoms with Crippen LogP contribution in [-0.4, -0.2) is 32.8 Å². The van der Waals surface area contributed by atoms with Crippen LogP contribution in [0.4, 0.5) is 0 Å². The normalized spacial score (nSPS) is 15.6. The number of likely N-dealkylation sites (N-methyl/N-ethyl adjacent to an activating group) is 1. The number of rotatable bonds is 3. The fourth-order valence-corrected chi connectivity index (χ4v) is 4.58. The summed E-state index contributed by atoms with van der Waals surface area (Å²) in [6.45, 7) is 3.51. The number of imide groups is 1. The third kappa shape index (κ3) is 3.24. The van der Waals surface area contributed by atoms with Crippen LogP contribution in [0.15, 0.2) is 47.1 Å². The Balaban J connectivity index is 1.77. The number of aryl methyl sites for hydroxylation is 1. The third-order valence-electron chi connectivity index (χ3n) is 5.32. The number of nitriles is 2. The molecule has 2 aromatic heterocycles. The van der Waals surface area contributed by atoms with Crippen LogP contribution in [0.5, 0.6) is 0 Å². The lowest BCUT2D eigenvalue weighted by atomic mass is 9.95. The number of hydrogen-bond donors (Lipinski definition) is 0. The summed E-state index contributed by atoms with van der Waals surface area (Å²) in [6.07, 6.45) is 1.65. The standard InChI is InChI=1S/C23H17N5O2S/c1-4-28-22(29)16(13(2)17(12-25)23(28)30)9-20-26-21-19(31-20)10-18(27(21)3)15-7-5-14(11-24)6-8-15/h5-10H,4H2,1-3H3/b16-9-. The zero-order chi connectivity index (χ0) is 22.3. The molecular formula is C23H17N5O2S. The van der Waals surface area contributed by atoms with Crippen LogP contribution in [0.1, 0.15) is 24.4 Å². The summed E-state index contributed by atoms with van der Waals surface area (Å²) in [5, 5.41) is 19.0. The van der Waals surface area contributed by atoms with Gasteiger partial charge >= 0.3 is 0 Å². The van der Waals surface area contributed by atoms with Gasteiger partial charge in [-0.15, -0.1) is 11.3 Å². The Morgan fingerprint density at radius 1 is 1.13 bits per heavy atom. The maximum atomic E-state index is 12.8. The number of benzene rings is 1. The molecule has 0 atom stereocenters. The van der Waals surface area contributed by atoms with Crippen molar-refractivity contribution in [2.75, 3.05) is 6.54 Å². The van der Waals surface area contributed by atoms with E-state index in [1.807, 2.05) is 35.9 Å². The number of carbonyl (C=O) groups is 2. The smallest absolute Gasteiger partial charge is 0.271 e. The van der Waals surface area contributed by atoms with Gasteiger partial charge in [-0.3, -0.25) is 14.5 Å². The van der Waals surface area contributed by atoms with E-state index < -0.39 is 11.8 Å². The number of hydrogen-bond acceptors (Lipinski definition) is 6. The number of fused-ring (bicyclic) bond motifs is 1. The zero-order valence-electron chi connectivity index (χ0n) is 17.1. The zero-order valence-corrected chi connectivity index (χ0v) is 17.9. The molecule has 0 fully saturated rings. The average Bonchev–Trinajstić information content (AvgIpc) is 3.30. The summed E-state index contributed by atoms with van der Waals surface area (Å²) in [5.41, 5.74) is 3.98. The van der Waals surface area contributed by atoms with Crippen LogP contribution in [0.2, 0.25) is 0 Å². The second-order valence-corrected chi connectivity index (χ2v) is 8.10. The minimum Gasteiger partial charge on any atom is -0.328 e. The molecule has 8 heteroatoms. The Labute approximate surface area is 182 Å². The van der Waals surface area contributed by atoms with Crippen LogP contribution in [0.3, 0.4) is 0 Å². The van der Waals surface area contributed by atoms with E-state index in [-0.39, 0.29) is 12.1 Å². The van der Waals surface area contributed by atoms with Gasteiger partial charge in [-0.2, -0.15) is 10.5 Å². The molecule has 0 bridgehead atoms. The minimum atomic E-state index is -0.555. The van der Waals surface area contributed by atoms with Gasteiger partial charge in [-0.1, -0.05) is 12.1 Å². The topological polar surface area (TPSA) is 103 Å². The van der Waals surface area contributed by atoms with Gasteiger partial charge in [-0.25, -0.2) is 4.98 Å². The number of thiazole rings is 1. The van der Waals surface area contributed by atoms with Gasteiger partial charge in [0, 0.05) is 19.2 Å². The Kier molecular flexibility index (Phi) is 5.02. The van der Waals surface area contributed by atoms with E-state index in [0.29, 0.717) is 21.7 Å². The maximum absolute atomic E-state index is 12.8. The van der Waals surface area contributed by atoms with Crippen LogP contribution < -0.4 is 0 Å². The molecule has 1 aromatic carbocycles. The Morgan fingerprint density at radius 2 is 1.84 bits per heavy atom. The first-order valence-corrected chi connectivity index (χ1v) is 10.4. The summed E-state index contributed by atoms with van der Waals surface area (Å²) in [6, 6.07) is 13.4. The highest BCUT2D eigenvalue weighted by Crippen LogP contribution is 2.33. The molecule has 152 valence electrons. The van der Waals surface area contributed by atoms with Crippen LogP contribution in [-0.2, 0) is 16.6 Å². The van der Waals surface area contributed by atoms with Crippen molar-refractivity contribution in [1.29, 1.82) is 10.5 Å². The Morgan fingerprint density at radius 3 is 2.42 bits per heavy atom. The van der Waals surface area contributed by atoms with Crippen molar-refractivity contribution in [2.24, 2.45) is 7.05 Å². The lowest BCUT2D eigenvalue weighted by Crippen LogP contribution is -2.42. The molecule has 1 aliphatic rings. The second kappa shape index (κ2) is 7.67. The first-order chi connectivity index (χ1) is 14.9. The predicted octanol–water partition coefficient (Wildman–Crippen LogP) is 3.79. The molecule has 0 unspecified atom stereocenters. The van der Waals surface area contributed by atoms with E-state index in [9.17, 15) is 14.9 Å². The molecule has 0 radical (unpaired) electrons. The molecule has 0 saturated heterocycles. The number of aromatic nitrogens is 2. The quantitative estimate of drug-likeness (QED) is 0.467. The first kappa shape index (κ1) is 20.3. The number of nitrogens with zero attached hydrogens (tertiary/aromatic N) is 5. The van der Waals surface area contributed by atoms with Crippen LogP contribution >= 0.6 is 11.3 Å². The fourth-order valence-electron chi connectivity index (χ4n) is 3.60. The highest BCUT2D eigenvalue weighted by Gasteiger charge is 2.34. The largest absolute Gasteiger partial charge is 0.328 e. The SMILES string of the molecule is CCN1C(=O)C(C#N)=C(C)/C(=C/c2nc3c(cc(-c4ccc(C#N)cc4)n3C)s2)C1=O. The molecule has 0 aliphatic carbocycles. The summed E-state index contributed by atoms with van der Waals surface area (Å²) in [7, 11) is 1.91. The van der Waals surface area contributed by atoms with Gasteiger partial charge in [0.05, 0.1) is 22.0 Å². The van der Waals surface area contributed by atoms with Crippen LogP contribution in [0, 0.1) is 22.7 Å². The lowest BCUT2D eigenvalue weighted by Gasteiger charge is -2.25. The number of amides is 2. The highest BCUT2D eigenvalue weighted by molar-refractivity contribution is 7.19. The van der Waals surface area contributed by atoms with Gasteiger partial charge in [-0.05, 0) is 49.3 Å². The molecule has 0 spiro atoms.